The molecule has 1 aromatic heterocycles. The number of rotatable bonds is 5. The van der Waals surface area contributed by atoms with E-state index in [2.05, 4.69) is 22.9 Å². The number of ether oxygens (including phenoxy) is 2. The molecule has 0 bridgehead atoms. The highest BCUT2D eigenvalue weighted by molar-refractivity contribution is 5.23. The van der Waals surface area contributed by atoms with Crippen LogP contribution in [0.15, 0.2) is 18.3 Å². The molecule has 2 aliphatic rings. The van der Waals surface area contributed by atoms with Gasteiger partial charge >= 0.3 is 0 Å². The van der Waals surface area contributed by atoms with Gasteiger partial charge in [0.25, 0.3) is 0 Å². The van der Waals surface area contributed by atoms with Gasteiger partial charge in [-0.3, -0.25) is 0 Å². The van der Waals surface area contributed by atoms with E-state index in [4.69, 9.17) is 9.47 Å². The zero-order valence-corrected chi connectivity index (χ0v) is 13.7. The summed E-state index contributed by atoms with van der Waals surface area (Å²) >= 11 is 0. The Morgan fingerprint density at radius 3 is 2.86 bits per heavy atom. The molecule has 2 aliphatic heterocycles. The monoisotopic (exact) mass is 304 g/mol. The molecule has 3 rings (SSSR count). The van der Waals surface area contributed by atoms with Crippen LogP contribution < -0.4 is 4.74 Å². The molecule has 4 heteroatoms. The third-order valence-corrected chi connectivity index (χ3v) is 4.90. The van der Waals surface area contributed by atoms with Crippen LogP contribution in [-0.2, 0) is 4.74 Å². The van der Waals surface area contributed by atoms with Crippen LogP contribution in [0.1, 0.15) is 31.2 Å². The minimum Gasteiger partial charge on any atom is -0.477 e. The van der Waals surface area contributed by atoms with Crippen molar-refractivity contribution < 1.29 is 9.47 Å². The summed E-state index contributed by atoms with van der Waals surface area (Å²) in [6.07, 6.45) is 6.84. The van der Waals surface area contributed by atoms with E-state index in [1.165, 1.54) is 45.3 Å². The number of likely N-dealkylation sites (tertiary alicyclic amines) is 1. The minimum absolute atomic E-state index is 0.667. The lowest BCUT2D eigenvalue weighted by Crippen LogP contribution is -2.40. The molecule has 0 amide bonds. The Labute approximate surface area is 133 Å². The van der Waals surface area contributed by atoms with E-state index in [-0.39, 0.29) is 0 Å². The fourth-order valence-electron chi connectivity index (χ4n) is 3.47. The summed E-state index contributed by atoms with van der Waals surface area (Å²) in [4.78, 5) is 6.92. The maximum atomic E-state index is 5.91. The quantitative estimate of drug-likeness (QED) is 0.838. The van der Waals surface area contributed by atoms with Crippen LogP contribution in [0.2, 0.25) is 0 Å². The molecule has 22 heavy (non-hydrogen) atoms. The number of hydrogen-bond donors (Lipinski definition) is 0. The van der Waals surface area contributed by atoms with E-state index < -0.39 is 0 Å². The van der Waals surface area contributed by atoms with Gasteiger partial charge in [0.15, 0.2) is 0 Å². The summed E-state index contributed by atoms with van der Waals surface area (Å²) in [6, 6.07) is 4.01. The number of nitrogens with zero attached hydrogens (tertiary/aromatic N) is 2. The summed E-state index contributed by atoms with van der Waals surface area (Å²) in [5.41, 5.74) is 1.12. The fourth-order valence-corrected chi connectivity index (χ4v) is 3.47. The second-order valence-corrected chi connectivity index (χ2v) is 6.76. The second kappa shape index (κ2) is 7.93. The molecule has 122 valence electrons. The Morgan fingerprint density at radius 1 is 1.27 bits per heavy atom. The van der Waals surface area contributed by atoms with E-state index in [0.29, 0.717) is 5.92 Å². The molecule has 0 spiro atoms. The van der Waals surface area contributed by atoms with Crippen LogP contribution in [0.5, 0.6) is 5.88 Å². The molecule has 0 saturated carbocycles. The molecule has 0 aromatic carbocycles. The van der Waals surface area contributed by atoms with Crippen LogP contribution in [-0.4, -0.2) is 49.3 Å². The molecule has 0 aliphatic carbocycles. The molecule has 3 heterocycles. The van der Waals surface area contributed by atoms with Crippen molar-refractivity contribution in [1.82, 2.24) is 9.88 Å². The first-order valence-corrected chi connectivity index (χ1v) is 8.66. The molecule has 1 unspecified atom stereocenters. The number of pyridine rings is 1. The van der Waals surface area contributed by atoms with Crippen molar-refractivity contribution in [3.05, 3.63) is 23.9 Å². The molecular weight excluding hydrogens is 276 g/mol. The molecule has 1 aromatic rings. The molecule has 1 atom stereocenters. The third kappa shape index (κ3) is 4.43. The van der Waals surface area contributed by atoms with Crippen LogP contribution in [0.3, 0.4) is 0 Å². The van der Waals surface area contributed by atoms with Crippen molar-refractivity contribution in [1.29, 1.82) is 0 Å². The van der Waals surface area contributed by atoms with Gasteiger partial charge in [-0.25, -0.2) is 4.98 Å². The van der Waals surface area contributed by atoms with Crippen molar-refractivity contribution in [2.45, 2.75) is 32.6 Å². The van der Waals surface area contributed by atoms with Crippen molar-refractivity contribution in [2.75, 3.05) is 39.5 Å². The topological polar surface area (TPSA) is 34.6 Å². The highest BCUT2D eigenvalue weighted by atomic mass is 16.5. The van der Waals surface area contributed by atoms with Crippen LogP contribution in [0, 0.1) is 18.8 Å². The van der Waals surface area contributed by atoms with E-state index in [0.717, 1.165) is 37.2 Å². The van der Waals surface area contributed by atoms with E-state index in [1.54, 1.807) is 6.20 Å². The van der Waals surface area contributed by atoms with Crippen LogP contribution in [0.4, 0.5) is 0 Å². The van der Waals surface area contributed by atoms with Crippen molar-refractivity contribution in [3.8, 4) is 5.88 Å². The van der Waals surface area contributed by atoms with Gasteiger partial charge in [-0.15, -0.1) is 0 Å². The Hall–Kier alpha value is -1.13. The SMILES string of the molecule is Cc1cccnc1OCC1CCN(CC2CCCOC2)CC1. The standard InChI is InChI=1S/C18H28N2O2/c1-15-4-2-8-19-18(15)22-14-16-6-9-20(10-7-16)12-17-5-3-11-21-13-17/h2,4,8,16-17H,3,5-7,9-14H2,1H3. The van der Waals surface area contributed by atoms with Gasteiger partial charge in [0.1, 0.15) is 0 Å². The van der Waals surface area contributed by atoms with Crippen LogP contribution >= 0.6 is 0 Å². The van der Waals surface area contributed by atoms with E-state index >= 15 is 0 Å². The predicted molar refractivity (Wildman–Crippen MR) is 87.2 cm³/mol. The lowest BCUT2D eigenvalue weighted by Gasteiger charge is -2.35. The van der Waals surface area contributed by atoms with Gasteiger partial charge in [0, 0.05) is 24.9 Å². The van der Waals surface area contributed by atoms with Gasteiger partial charge in [0.05, 0.1) is 13.2 Å². The number of piperidine rings is 1. The van der Waals surface area contributed by atoms with Gasteiger partial charge in [-0.1, -0.05) is 6.07 Å². The van der Waals surface area contributed by atoms with Crippen molar-refractivity contribution >= 4 is 0 Å². The summed E-state index contributed by atoms with van der Waals surface area (Å²) < 4.78 is 11.5. The highest BCUT2D eigenvalue weighted by Gasteiger charge is 2.23. The maximum absolute atomic E-state index is 5.91. The normalized spacial score (nSPS) is 24.3. The van der Waals surface area contributed by atoms with E-state index in [1.807, 2.05) is 6.07 Å². The first-order chi connectivity index (χ1) is 10.8. The first kappa shape index (κ1) is 15.8. The second-order valence-electron chi connectivity index (χ2n) is 6.76. The highest BCUT2D eigenvalue weighted by Crippen LogP contribution is 2.22. The molecule has 0 N–H and O–H groups in total. The van der Waals surface area contributed by atoms with Crippen molar-refractivity contribution in [2.24, 2.45) is 11.8 Å². The number of hydrogen-bond acceptors (Lipinski definition) is 4. The molecular formula is C18H28N2O2. The van der Waals surface area contributed by atoms with Gasteiger partial charge in [-0.2, -0.15) is 0 Å². The van der Waals surface area contributed by atoms with E-state index in [9.17, 15) is 0 Å². The third-order valence-electron chi connectivity index (χ3n) is 4.90. The summed E-state index contributed by atoms with van der Waals surface area (Å²) in [6.45, 7) is 8.39. The van der Waals surface area contributed by atoms with Gasteiger partial charge < -0.3 is 14.4 Å². The Bertz CT molecular complexity index is 452. The summed E-state index contributed by atoms with van der Waals surface area (Å²) in [5.74, 6) is 2.21. The van der Waals surface area contributed by atoms with Gasteiger partial charge in [-0.05, 0) is 63.6 Å². The zero-order valence-electron chi connectivity index (χ0n) is 13.7. The number of aromatic nitrogens is 1. The zero-order chi connectivity index (χ0) is 15.2. The largest absolute Gasteiger partial charge is 0.477 e. The lowest BCUT2D eigenvalue weighted by atomic mass is 9.95. The minimum atomic E-state index is 0.667. The summed E-state index contributed by atoms with van der Waals surface area (Å²) in [5, 5.41) is 0. The average Bonchev–Trinajstić information content (AvgIpc) is 2.56. The predicted octanol–water partition coefficient (Wildman–Crippen LogP) is 2.91. The first-order valence-electron chi connectivity index (χ1n) is 8.66. The van der Waals surface area contributed by atoms with Gasteiger partial charge in [0.2, 0.25) is 5.88 Å². The Kier molecular flexibility index (Phi) is 5.68. The Balaban J connectivity index is 1.37. The molecule has 2 saturated heterocycles. The molecule has 0 radical (unpaired) electrons. The number of aryl methyl sites for hydroxylation is 1. The maximum Gasteiger partial charge on any atom is 0.216 e. The molecule has 2 fully saturated rings. The smallest absolute Gasteiger partial charge is 0.216 e. The van der Waals surface area contributed by atoms with Crippen LogP contribution in [0.25, 0.3) is 0 Å². The fraction of sp³-hybridized carbons (Fsp3) is 0.722. The summed E-state index contributed by atoms with van der Waals surface area (Å²) in [7, 11) is 0. The average molecular weight is 304 g/mol. The lowest BCUT2D eigenvalue weighted by molar-refractivity contribution is 0.0306. The molecule has 4 nitrogen and oxygen atoms in total. The Morgan fingerprint density at radius 2 is 2.14 bits per heavy atom. The van der Waals surface area contributed by atoms with Crippen molar-refractivity contribution in [3.63, 3.8) is 0 Å².